The lowest BCUT2D eigenvalue weighted by Crippen LogP contribution is -2.59. The summed E-state index contributed by atoms with van der Waals surface area (Å²) in [5.74, 6) is 0.705. The van der Waals surface area contributed by atoms with Gasteiger partial charge in [-0.15, -0.1) is 0 Å². The average molecular weight is 1250 g/mol. The largest absolute Gasteiger partial charge is 0.310 e. The van der Waals surface area contributed by atoms with Crippen molar-refractivity contribution in [2.75, 3.05) is 0 Å². The van der Waals surface area contributed by atoms with E-state index in [0.717, 1.165) is 5.56 Å². The summed E-state index contributed by atoms with van der Waals surface area (Å²) < 4.78 is 5.31. The highest BCUT2D eigenvalue weighted by atomic mass is 15.0. The smallest absolute Gasteiger partial charge is 0.252 e. The Morgan fingerprint density at radius 2 is 0.579 bits per heavy atom. The van der Waals surface area contributed by atoms with Crippen LogP contribution < -0.4 is 16.4 Å². The zero-order valence-electron chi connectivity index (χ0n) is 61.5. The van der Waals surface area contributed by atoms with Gasteiger partial charge in [-0.25, -0.2) is 9.97 Å². The SMILES string of the molecule is CC(C)(C)c1cc(-c2ccc3c(c2)c2c(-c4cc(C(C)(C)C)cc(C(C)(C)C)c4)ccc4c2n3-c2cc(-c3ncccn3)cc3c2B4c2ccc(-c4cc(C(C)(C)C)cc(C(C)(C)C)c4)c4c5cc(-c6cc(C(C)(C)C)cc(C(C)(C)C)c6)ccc5n-3c24)cc(C(C)(C)C)c1. The third-order valence-corrected chi connectivity index (χ3v) is 21.2. The summed E-state index contributed by atoms with van der Waals surface area (Å²) in [6.45, 7) is 56.4. The van der Waals surface area contributed by atoms with Gasteiger partial charge < -0.3 is 9.13 Å². The van der Waals surface area contributed by atoms with Gasteiger partial charge in [0.15, 0.2) is 5.82 Å². The van der Waals surface area contributed by atoms with Crippen LogP contribution in [0, 0.1) is 0 Å². The summed E-state index contributed by atoms with van der Waals surface area (Å²) in [6.07, 6.45) is 3.78. The van der Waals surface area contributed by atoms with Gasteiger partial charge in [0.1, 0.15) is 0 Å². The average Bonchev–Trinajstić information content (AvgIpc) is 1.55. The van der Waals surface area contributed by atoms with Crippen LogP contribution in [0.25, 0.3) is 111 Å². The normalized spacial score (nSPS) is 13.9. The summed E-state index contributed by atoms with van der Waals surface area (Å²) in [5.41, 5.74) is 32.4. The monoisotopic (exact) mass is 1250 g/mol. The van der Waals surface area contributed by atoms with Gasteiger partial charge in [-0.1, -0.05) is 275 Å². The Balaban J connectivity index is 1.16. The van der Waals surface area contributed by atoms with Crippen molar-refractivity contribution in [3.63, 3.8) is 0 Å². The third-order valence-electron chi connectivity index (χ3n) is 21.2. The maximum atomic E-state index is 5.07. The number of nitrogens with zero attached hydrogens (tertiary/aromatic N) is 4. The second kappa shape index (κ2) is 21.1. The molecule has 482 valence electrons. The van der Waals surface area contributed by atoms with Crippen LogP contribution in [0.5, 0.6) is 0 Å². The Kier molecular flexibility index (Phi) is 14.2. The van der Waals surface area contributed by atoms with Gasteiger partial charge >= 0.3 is 0 Å². The topological polar surface area (TPSA) is 35.6 Å². The van der Waals surface area contributed by atoms with Crippen LogP contribution in [0.4, 0.5) is 0 Å². The molecule has 0 saturated heterocycles. The summed E-state index contributed by atoms with van der Waals surface area (Å²) in [7, 11) is 0. The molecule has 2 aliphatic rings. The van der Waals surface area contributed by atoms with Gasteiger partial charge in [0, 0.05) is 61.9 Å². The van der Waals surface area contributed by atoms with Crippen molar-refractivity contribution in [3.05, 3.63) is 209 Å². The van der Waals surface area contributed by atoms with E-state index in [-0.39, 0.29) is 50.0 Å². The Labute approximate surface area is 567 Å². The lowest BCUT2D eigenvalue weighted by Gasteiger charge is -2.34. The zero-order valence-corrected chi connectivity index (χ0v) is 61.5. The molecule has 0 spiro atoms. The van der Waals surface area contributed by atoms with Gasteiger partial charge in [-0.05, 0) is 191 Å². The second-order valence-corrected chi connectivity index (χ2v) is 36.6. The minimum absolute atomic E-state index is 0.0428. The molecule has 0 atom stereocenters. The fourth-order valence-corrected chi connectivity index (χ4v) is 15.1. The quantitative estimate of drug-likeness (QED) is 0.161. The van der Waals surface area contributed by atoms with Crippen molar-refractivity contribution in [2.24, 2.45) is 0 Å². The van der Waals surface area contributed by atoms with E-state index in [9.17, 15) is 0 Å². The zero-order chi connectivity index (χ0) is 68.1. The molecule has 0 fully saturated rings. The van der Waals surface area contributed by atoms with Crippen molar-refractivity contribution >= 4 is 66.7 Å². The predicted molar refractivity (Wildman–Crippen MR) is 412 cm³/mol. The van der Waals surface area contributed by atoms with E-state index in [0.29, 0.717) is 5.82 Å². The molecular weight excluding hydrogens is 1150 g/mol. The van der Waals surface area contributed by atoms with E-state index < -0.39 is 0 Å². The first kappa shape index (κ1) is 64.1. The molecule has 5 heterocycles. The molecule has 95 heavy (non-hydrogen) atoms. The van der Waals surface area contributed by atoms with Crippen molar-refractivity contribution < 1.29 is 0 Å². The first-order valence-corrected chi connectivity index (χ1v) is 35.0. The van der Waals surface area contributed by atoms with Gasteiger partial charge in [-0.2, -0.15) is 0 Å². The minimum Gasteiger partial charge on any atom is -0.310 e. The van der Waals surface area contributed by atoms with Crippen LogP contribution in [0.15, 0.2) is 164 Å². The van der Waals surface area contributed by atoms with E-state index >= 15 is 0 Å². The van der Waals surface area contributed by atoms with Crippen molar-refractivity contribution in [3.8, 4) is 67.3 Å². The van der Waals surface area contributed by atoms with Crippen LogP contribution in [-0.2, 0) is 43.3 Å². The highest BCUT2D eigenvalue weighted by Crippen LogP contribution is 2.49. The Bertz CT molecular complexity index is 4740. The molecular formula is C90H99BN4. The van der Waals surface area contributed by atoms with Gasteiger partial charge in [-0.3, -0.25) is 0 Å². The minimum atomic E-state index is -0.126. The summed E-state index contributed by atoms with van der Waals surface area (Å²) in [6, 6.07) is 61.3. The van der Waals surface area contributed by atoms with Crippen LogP contribution >= 0.6 is 0 Å². The molecule has 4 nitrogen and oxygen atoms in total. The number of hydrogen-bond acceptors (Lipinski definition) is 2. The van der Waals surface area contributed by atoms with Crippen LogP contribution in [-0.4, -0.2) is 25.8 Å². The first-order chi connectivity index (χ1) is 44.1. The standard InChI is InChI=1S/C90H99BN4/c1-83(2,3)59-36-54(37-60(48-59)84(4,5)6)52-26-32-73-69(44-52)77-67(56-40-63(87(13,14)15)50-64(41-56)88(16,17)18)28-30-71-80(77)94(73)75-46-58(82-92-34-25-35-93-82)47-76-79(75)91(71)72-31-29-68(57-42-65(89(19,20)21)51-66(43-57)90(22,23)24)78-70-45-53(27-33-74(70)95(76)81(72)78)55-38-61(85(7,8)9)49-62(39-55)86(10,11)12/h25-51H,1-24H3. The molecule has 0 unspecified atom stereocenters. The highest BCUT2D eigenvalue weighted by molar-refractivity contribution is 7.00. The molecule has 3 aromatic heterocycles. The number of hydrogen-bond donors (Lipinski definition) is 0. The van der Waals surface area contributed by atoms with Crippen molar-refractivity contribution in [2.45, 2.75) is 209 Å². The lowest BCUT2D eigenvalue weighted by molar-refractivity contribution is 0.568. The fraction of sp³-hybridized carbons (Fsp3) is 0.356. The molecule has 0 bridgehead atoms. The number of benzene rings is 9. The summed E-state index contributed by atoms with van der Waals surface area (Å²) in [5, 5.41) is 5.06. The van der Waals surface area contributed by atoms with Crippen LogP contribution in [0.1, 0.15) is 211 Å². The Hall–Kier alpha value is -8.28. The van der Waals surface area contributed by atoms with E-state index in [1.165, 1.54) is 160 Å². The van der Waals surface area contributed by atoms with Crippen molar-refractivity contribution in [1.29, 1.82) is 0 Å². The maximum absolute atomic E-state index is 5.07. The lowest BCUT2D eigenvalue weighted by atomic mass is 9.34. The van der Waals surface area contributed by atoms with Gasteiger partial charge in [0.2, 0.25) is 0 Å². The van der Waals surface area contributed by atoms with E-state index in [2.05, 4.69) is 321 Å². The summed E-state index contributed by atoms with van der Waals surface area (Å²) >= 11 is 0. The molecule has 5 heteroatoms. The van der Waals surface area contributed by atoms with E-state index in [1.54, 1.807) is 0 Å². The molecule has 9 aromatic carbocycles. The molecule has 0 saturated carbocycles. The number of rotatable bonds is 5. The molecule has 0 aliphatic carbocycles. The first-order valence-electron chi connectivity index (χ1n) is 35.0. The number of aromatic nitrogens is 4. The summed E-state index contributed by atoms with van der Waals surface area (Å²) in [4.78, 5) is 10.1. The molecule has 0 radical (unpaired) electrons. The van der Waals surface area contributed by atoms with Crippen molar-refractivity contribution in [1.82, 2.24) is 19.1 Å². The van der Waals surface area contributed by atoms with E-state index in [1.807, 2.05) is 18.5 Å². The van der Waals surface area contributed by atoms with Gasteiger partial charge in [0.05, 0.1) is 11.0 Å². The third kappa shape index (κ3) is 10.8. The van der Waals surface area contributed by atoms with Crippen LogP contribution in [0.3, 0.4) is 0 Å². The fourth-order valence-electron chi connectivity index (χ4n) is 15.1. The van der Waals surface area contributed by atoms with E-state index in [4.69, 9.17) is 9.97 Å². The van der Waals surface area contributed by atoms with Crippen LogP contribution in [0.2, 0.25) is 0 Å². The van der Waals surface area contributed by atoms with Gasteiger partial charge in [0.25, 0.3) is 6.71 Å². The highest BCUT2D eigenvalue weighted by Gasteiger charge is 2.43. The molecule has 12 aromatic rings. The second-order valence-electron chi connectivity index (χ2n) is 36.6. The maximum Gasteiger partial charge on any atom is 0.252 e. The Morgan fingerprint density at radius 1 is 0.284 bits per heavy atom. The predicted octanol–water partition coefficient (Wildman–Crippen LogP) is 22.5. The molecule has 2 aliphatic heterocycles. The molecule has 0 N–H and O–H groups in total. The number of fused-ring (bicyclic) bond motifs is 10. The molecule has 14 rings (SSSR count). The molecule has 0 amide bonds. The Morgan fingerprint density at radius 3 is 0.874 bits per heavy atom.